The van der Waals surface area contributed by atoms with E-state index in [9.17, 15) is 9.59 Å². The van der Waals surface area contributed by atoms with Crippen molar-refractivity contribution in [2.45, 2.75) is 64.6 Å². The number of carbonyl (C=O) groups is 2. The summed E-state index contributed by atoms with van der Waals surface area (Å²) in [6.45, 7) is 3.05. The second-order valence-electron chi connectivity index (χ2n) is 9.77. The average molecular weight is 509 g/mol. The van der Waals surface area contributed by atoms with E-state index in [0.29, 0.717) is 25.9 Å². The number of fused-ring (bicyclic) bond motifs is 2. The van der Waals surface area contributed by atoms with Crippen LogP contribution in [0.2, 0.25) is 0 Å². The Kier molecular flexibility index (Phi) is 8.37. The SMILES string of the molecule is C.N[C@H](CCCCN1CCc2ccccc21)C(=O)N1CC[C@H]1C(=O)NCc1ccc2c(c1)C(Cl)=CC2. The average Bonchev–Trinajstić information content (AvgIpc) is 3.43. The Morgan fingerprint density at radius 3 is 2.75 bits per heavy atom. The number of unbranched alkanes of at least 4 members (excludes halogenated alkanes) is 1. The first-order chi connectivity index (χ1) is 17.0. The van der Waals surface area contributed by atoms with Crippen LogP contribution < -0.4 is 16.0 Å². The number of rotatable bonds is 9. The van der Waals surface area contributed by atoms with Crippen molar-refractivity contribution in [3.05, 3.63) is 70.8 Å². The summed E-state index contributed by atoms with van der Waals surface area (Å²) in [5.74, 6) is -0.232. The molecule has 1 saturated heterocycles. The van der Waals surface area contributed by atoms with E-state index in [2.05, 4.69) is 40.5 Å². The van der Waals surface area contributed by atoms with Crippen LogP contribution in [0.1, 0.15) is 55.4 Å². The third-order valence-electron chi connectivity index (χ3n) is 7.50. The summed E-state index contributed by atoms with van der Waals surface area (Å²) in [6.07, 6.45) is 7.17. The van der Waals surface area contributed by atoms with Gasteiger partial charge in [-0.1, -0.05) is 55.4 Å². The molecule has 2 aliphatic heterocycles. The van der Waals surface area contributed by atoms with Gasteiger partial charge in [-0.05, 0) is 72.9 Å². The fourth-order valence-electron chi connectivity index (χ4n) is 5.32. The van der Waals surface area contributed by atoms with Crippen molar-refractivity contribution >= 4 is 34.1 Å². The van der Waals surface area contributed by atoms with E-state index >= 15 is 0 Å². The number of allylic oxidation sites excluding steroid dienone is 1. The Hall–Kier alpha value is -2.83. The fourth-order valence-corrected chi connectivity index (χ4v) is 5.57. The zero-order chi connectivity index (χ0) is 24.4. The fraction of sp³-hybridized carbons (Fsp3) is 0.448. The summed E-state index contributed by atoms with van der Waals surface area (Å²) in [4.78, 5) is 29.7. The van der Waals surface area contributed by atoms with Gasteiger partial charge in [-0.25, -0.2) is 0 Å². The molecule has 2 aromatic carbocycles. The standard InChI is InChI=1S/C28H33ClN4O2.CH4/c29-23-11-10-20-9-8-19(17-22(20)23)18-31-27(34)26-13-16-33(26)28(35)24(30)6-3-4-14-32-15-12-21-5-1-2-7-25(21)32;/h1-2,5,7-9,11,17,24,26H,3-4,6,10,12-16,18,30H2,(H,31,34);1H4/t24-,26+;/m1./s1. The molecule has 0 radical (unpaired) electrons. The van der Waals surface area contributed by atoms with E-state index in [4.69, 9.17) is 17.3 Å². The molecular formula is C29H37ClN4O2. The van der Waals surface area contributed by atoms with Crippen LogP contribution in [0, 0.1) is 0 Å². The van der Waals surface area contributed by atoms with Gasteiger partial charge < -0.3 is 20.9 Å². The zero-order valence-electron chi connectivity index (χ0n) is 20.0. The minimum Gasteiger partial charge on any atom is -0.371 e. The number of nitrogens with zero attached hydrogens (tertiary/aromatic N) is 2. The van der Waals surface area contributed by atoms with Gasteiger partial charge in [-0.15, -0.1) is 0 Å². The number of hydrogen-bond acceptors (Lipinski definition) is 4. The van der Waals surface area contributed by atoms with Gasteiger partial charge in [0.25, 0.3) is 0 Å². The van der Waals surface area contributed by atoms with Crippen LogP contribution >= 0.6 is 11.6 Å². The lowest BCUT2D eigenvalue weighted by Gasteiger charge is -2.41. The minimum atomic E-state index is -0.554. The molecule has 0 unspecified atom stereocenters. The molecule has 0 bridgehead atoms. The first kappa shape index (κ1) is 26.2. The van der Waals surface area contributed by atoms with Gasteiger partial charge in [0.15, 0.2) is 0 Å². The van der Waals surface area contributed by atoms with Gasteiger partial charge in [0, 0.05) is 36.9 Å². The molecule has 1 fully saturated rings. The van der Waals surface area contributed by atoms with Crippen molar-refractivity contribution in [2.75, 3.05) is 24.5 Å². The van der Waals surface area contributed by atoms with E-state index in [1.54, 1.807) is 4.90 Å². The van der Waals surface area contributed by atoms with Gasteiger partial charge in [0.05, 0.1) is 6.04 Å². The third kappa shape index (κ3) is 5.45. The molecule has 192 valence electrons. The van der Waals surface area contributed by atoms with Gasteiger partial charge in [0.2, 0.25) is 11.8 Å². The van der Waals surface area contributed by atoms with Crippen molar-refractivity contribution in [3.63, 3.8) is 0 Å². The molecular weight excluding hydrogens is 472 g/mol. The highest BCUT2D eigenvalue weighted by atomic mass is 35.5. The number of carbonyl (C=O) groups excluding carboxylic acids is 2. The van der Waals surface area contributed by atoms with Gasteiger partial charge in [-0.2, -0.15) is 0 Å². The number of para-hydroxylation sites is 1. The number of amides is 2. The molecule has 2 atom stereocenters. The predicted octanol–water partition coefficient (Wildman–Crippen LogP) is 4.24. The number of nitrogens with one attached hydrogen (secondary N) is 1. The molecule has 0 spiro atoms. The second kappa shape index (κ2) is 11.5. The van der Waals surface area contributed by atoms with Crippen molar-refractivity contribution in [1.29, 1.82) is 0 Å². The third-order valence-corrected chi connectivity index (χ3v) is 7.86. The number of benzene rings is 2. The van der Waals surface area contributed by atoms with E-state index in [1.807, 2.05) is 18.2 Å². The van der Waals surface area contributed by atoms with Crippen LogP contribution in [-0.4, -0.2) is 48.4 Å². The Morgan fingerprint density at radius 1 is 1.11 bits per heavy atom. The van der Waals surface area contributed by atoms with Crippen LogP contribution in [0.15, 0.2) is 48.5 Å². The number of likely N-dealkylation sites (tertiary alicyclic amines) is 1. The lowest BCUT2D eigenvalue weighted by molar-refractivity contribution is -0.148. The molecule has 3 N–H and O–H groups in total. The Balaban J connectivity index is 0.00000304. The number of hydrogen-bond donors (Lipinski definition) is 2. The van der Waals surface area contributed by atoms with E-state index in [0.717, 1.165) is 54.9 Å². The highest BCUT2D eigenvalue weighted by molar-refractivity contribution is 6.49. The molecule has 2 heterocycles. The molecule has 7 heteroatoms. The molecule has 1 aliphatic carbocycles. The van der Waals surface area contributed by atoms with Crippen LogP contribution in [0.4, 0.5) is 5.69 Å². The smallest absolute Gasteiger partial charge is 0.243 e. The maximum Gasteiger partial charge on any atom is 0.243 e. The first-order valence-electron chi connectivity index (χ1n) is 12.7. The highest BCUT2D eigenvalue weighted by Crippen LogP contribution is 2.31. The van der Waals surface area contributed by atoms with Crippen LogP contribution in [0.5, 0.6) is 0 Å². The molecule has 3 aliphatic rings. The first-order valence-corrected chi connectivity index (χ1v) is 13.0. The van der Waals surface area contributed by atoms with E-state index in [1.165, 1.54) is 16.8 Å². The maximum absolute atomic E-state index is 12.9. The largest absolute Gasteiger partial charge is 0.371 e. The predicted molar refractivity (Wildman–Crippen MR) is 147 cm³/mol. The lowest BCUT2D eigenvalue weighted by atomic mass is 9.98. The zero-order valence-corrected chi connectivity index (χ0v) is 20.8. The Morgan fingerprint density at radius 2 is 1.94 bits per heavy atom. The molecule has 0 aromatic heterocycles. The molecule has 2 amide bonds. The van der Waals surface area contributed by atoms with Crippen LogP contribution in [-0.2, 0) is 29.0 Å². The number of nitrogens with two attached hydrogens (primary N) is 1. The Bertz CT molecular complexity index is 1150. The van der Waals surface area contributed by atoms with Crippen LogP contribution in [0.25, 0.3) is 5.03 Å². The monoisotopic (exact) mass is 508 g/mol. The van der Waals surface area contributed by atoms with Gasteiger partial charge >= 0.3 is 0 Å². The summed E-state index contributed by atoms with van der Waals surface area (Å²) in [5, 5.41) is 3.75. The molecule has 0 saturated carbocycles. The minimum absolute atomic E-state index is 0. The van der Waals surface area contributed by atoms with Crippen molar-refractivity contribution in [1.82, 2.24) is 10.2 Å². The molecule has 2 aromatic rings. The van der Waals surface area contributed by atoms with Crippen molar-refractivity contribution < 1.29 is 9.59 Å². The van der Waals surface area contributed by atoms with E-state index < -0.39 is 12.1 Å². The van der Waals surface area contributed by atoms with Crippen molar-refractivity contribution in [3.8, 4) is 0 Å². The molecule has 36 heavy (non-hydrogen) atoms. The summed E-state index contributed by atoms with van der Waals surface area (Å²) in [6, 6.07) is 13.7. The summed E-state index contributed by atoms with van der Waals surface area (Å²) >= 11 is 6.26. The summed E-state index contributed by atoms with van der Waals surface area (Å²) in [5.41, 5.74) is 12.2. The number of anilines is 1. The quantitative estimate of drug-likeness (QED) is 0.497. The summed E-state index contributed by atoms with van der Waals surface area (Å²) < 4.78 is 0. The second-order valence-corrected chi connectivity index (χ2v) is 10.2. The van der Waals surface area contributed by atoms with E-state index in [-0.39, 0.29) is 19.2 Å². The molecule has 6 nitrogen and oxygen atoms in total. The van der Waals surface area contributed by atoms with Crippen molar-refractivity contribution in [2.24, 2.45) is 5.73 Å². The molecule has 5 rings (SSSR count). The number of halogens is 1. The highest BCUT2D eigenvalue weighted by Gasteiger charge is 2.39. The lowest BCUT2D eigenvalue weighted by Crippen LogP contribution is -2.61. The maximum atomic E-state index is 12.9. The Labute approximate surface area is 219 Å². The topological polar surface area (TPSA) is 78.7 Å². The van der Waals surface area contributed by atoms with Gasteiger partial charge in [-0.3, -0.25) is 9.59 Å². The van der Waals surface area contributed by atoms with Gasteiger partial charge in [0.1, 0.15) is 6.04 Å². The van der Waals surface area contributed by atoms with Crippen LogP contribution in [0.3, 0.4) is 0 Å². The normalized spacial score (nSPS) is 18.5. The summed E-state index contributed by atoms with van der Waals surface area (Å²) in [7, 11) is 0.